The van der Waals surface area contributed by atoms with Crippen molar-refractivity contribution in [3.05, 3.63) is 70.8 Å². The third-order valence-electron chi connectivity index (χ3n) is 6.60. The minimum atomic E-state index is -1.73. The Kier molecular flexibility index (Phi) is 8.54. The maximum atomic E-state index is 7.04. The fraction of sp³-hybridized carbons (Fsp3) is 0.429. The smallest absolute Gasteiger partial charge is 0.192 e. The van der Waals surface area contributed by atoms with Crippen LogP contribution in [0.1, 0.15) is 56.9 Å². The monoisotopic (exact) mass is 416 g/mol. The van der Waals surface area contributed by atoms with Crippen molar-refractivity contribution < 1.29 is 4.43 Å². The summed E-state index contributed by atoms with van der Waals surface area (Å²) in [5, 5.41) is 0. The van der Waals surface area contributed by atoms with Crippen LogP contribution in [0.5, 0.6) is 0 Å². The molecule has 0 aliphatic rings. The summed E-state index contributed by atoms with van der Waals surface area (Å²) in [7, 11) is -1.73. The summed E-state index contributed by atoms with van der Waals surface area (Å²) < 4.78 is 7.04. The summed E-state index contributed by atoms with van der Waals surface area (Å²) in [5.74, 6) is 5.76. The van der Waals surface area contributed by atoms with Crippen molar-refractivity contribution in [1.82, 2.24) is 0 Å². The van der Waals surface area contributed by atoms with Crippen LogP contribution in [-0.4, -0.2) is 13.9 Å². The van der Waals surface area contributed by atoms with Gasteiger partial charge in [-0.3, -0.25) is 0 Å². The summed E-state index contributed by atoms with van der Waals surface area (Å²) in [5.41, 5.74) is 4.22. The van der Waals surface area contributed by atoms with E-state index in [1.807, 2.05) is 24.3 Å². The molecule has 2 rings (SSSR count). The van der Waals surface area contributed by atoms with Crippen LogP contribution in [0.3, 0.4) is 0 Å². The summed E-state index contributed by atoms with van der Waals surface area (Å²) in [4.78, 5) is 0. The zero-order valence-electron chi connectivity index (χ0n) is 19.3. The van der Waals surface area contributed by atoms with Crippen LogP contribution in [0.2, 0.25) is 18.1 Å². The lowest BCUT2D eigenvalue weighted by molar-refractivity contribution is 0.0316. The Balaban J connectivity index is 2.34. The van der Waals surface area contributed by atoms with Crippen molar-refractivity contribution in [2.45, 2.75) is 71.2 Å². The molecule has 2 aromatic carbocycles. The van der Waals surface area contributed by atoms with Gasteiger partial charge in [-0.15, -0.1) is 12.8 Å². The average Bonchev–Trinajstić information content (AvgIpc) is 2.78. The van der Waals surface area contributed by atoms with E-state index < -0.39 is 8.32 Å². The van der Waals surface area contributed by atoms with Crippen LogP contribution in [0, 0.1) is 30.6 Å². The Morgan fingerprint density at radius 1 is 0.767 bits per heavy atom. The molecule has 30 heavy (non-hydrogen) atoms. The second-order valence-electron chi connectivity index (χ2n) is 8.74. The van der Waals surface area contributed by atoms with E-state index in [9.17, 15) is 0 Å². The minimum Gasteiger partial charge on any atom is -0.412 e. The van der Waals surface area contributed by atoms with Crippen molar-refractivity contribution in [1.29, 1.82) is 0 Å². The molecule has 0 amide bonds. The molecule has 2 heteroatoms. The van der Waals surface area contributed by atoms with Gasteiger partial charge in [0, 0.05) is 11.1 Å². The normalized spacial score (nSPS) is 11.9. The lowest BCUT2D eigenvalue weighted by Crippen LogP contribution is -2.49. The van der Waals surface area contributed by atoms with Gasteiger partial charge >= 0.3 is 0 Å². The van der Waals surface area contributed by atoms with Crippen molar-refractivity contribution in [2.24, 2.45) is 5.92 Å². The van der Waals surface area contributed by atoms with Crippen molar-refractivity contribution in [3.63, 3.8) is 0 Å². The molecule has 0 spiro atoms. The summed E-state index contributed by atoms with van der Waals surface area (Å²) in [6, 6.07) is 20.2. The molecule has 0 aliphatic carbocycles. The fourth-order valence-corrected chi connectivity index (χ4v) is 7.43. The van der Waals surface area contributed by atoms with Gasteiger partial charge in [-0.05, 0) is 86.1 Å². The first-order valence-corrected chi connectivity index (χ1v) is 13.7. The second kappa shape index (κ2) is 10.7. The van der Waals surface area contributed by atoms with E-state index in [1.54, 1.807) is 0 Å². The molecule has 0 atom stereocenters. The predicted molar refractivity (Wildman–Crippen MR) is 132 cm³/mol. The number of terminal acetylenes is 2. The molecule has 0 bridgehead atoms. The number of hydrogen-bond acceptors (Lipinski definition) is 1. The van der Waals surface area contributed by atoms with Crippen LogP contribution >= 0.6 is 0 Å². The first-order chi connectivity index (χ1) is 14.3. The Morgan fingerprint density at radius 2 is 1.13 bits per heavy atom. The molecule has 0 N–H and O–H groups in total. The lowest BCUT2D eigenvalue weighted by atomic mass is 9.81. The van der Waals surface area contributed by atoms with E-state index in [0.717, 1.165) is 42.1 Å². The molecule has 0 unspecified atom stereocenters. The van der Waals surface area contributed by atoms with Crippen molar-refractivity contribution in [3.8, 4) is 24.7 Å². The fourth-order valence-electron chi connectivity index (χ4n) is 4.21. The van der Waals surface area contributed by atoms with Gasteiger partial charge < -0.3 is 4.43 Å². The van der Waals surface area contributed by atoms with E-state index >= 15 is 0 Å². The van der Waals surface area contributed by atoms with E-state index in [-0.39, 0.29) is 5.60 Å². The van der Waals surface area contributed by atoms with Gasteiger partial charge in [-0.1, -0.05) is 56.9 Å². The lowest BCUT2D eigenvalue weighted by Gasteiger charge is -2.43. The van der Waals surface area contributed by atoms with Crippen molar-refractivity contribution in [2.75, 3.05) is 0 Å². The van der Waals surface area contributed by atoms with Crippen LogP contribution in [-0.2, 0) is 17.3 Å². The van der Waals surface area contributed by atoms with Gasteiger partial charge in [-0.25, -0.2) is 0 Å². The van der Waals surface area contributed by atoms with Crippen LogP contribution < -0.4 is 0 Å². The van der Waals surface area contributed by atoms with Gasteiger partial charge in [0.1, 0.15) is 0 Å². The highest BCUT2D eigenvalue weighted by Gasteiger charge is 2.39. The van der Waals surface area contributed by atoms with Gasteiger partial charge in [0.05, 0.1) is 5.60 Å². The number of hydrogen-bond donors (Lipinski definition) is 0. The SMILES string of the molecule is C#Cc1ccc(CC(Cc2ccc(C#C)cc2)C(C)(C)O[Si](CC)(CC)CC)cc1. The standard InChI is InChI=1S/C28H36OSi/c1-8-23-13-17-25(18-14-23)21-27(22-26-19-15-24(9-2)16-20-26)28(6,7)29-30(10-3,11-4)12-5/h1-2,13-20,27H,10-12,21-22H2,3-7H3. The second-order valence-corrected chi connectivity index (χ2v) is 13.4. The first-order valence-electron chi connectivity index (χ1n) is 11.1. The van der Waals surface area contributed by atoms with E-state index in [0.29, 0.717) is 5.92 Å². The Morgan fingerprint density at radius 3 is 1.43 bits per heavy atom. The molecule has 1 nitrogen and oxygen atoms in total. The van der Waals surface area contributed by atoms with E-state index in [1.165, 1.54) is 11.1 Å². The summed E-state index contributed by atoms with van der Waals surface area (Å²) >= 11 is 0. The Bertz CT molecular complexity index is 806. The van der Waals surface area contributed by atoms with Crippen molar-refractivity contribution >= 4 is 8.32 Å². The molecule has 158 valence electrons. The predicted octanol–water partition coefficient (Wildman–Crippen LogP) is 6.85. The largest absolute Gasteiger partial charge is 0.412 e. The molecule has 0 aromatic heterocycles. The molecule has 0 saturated heterocycles. The molecule has 0 aliphatic heterocycles. The van der Waals surface area contributed by atoms with Gasteiger partial charge in [-0.2, -0.15) is 0 Å². The zero-order chi connectivity index (χ0) is 22.2. The topological polar surface area (TPSA) is 9.23 Å². The van der Waals surface area contributed by atoms with Crippen LogP contribution in [0.15, 0.2) is 48.5 Å². The number of benzene rings is 2. The zero-order valence-corrected chi connectivity index (χ0v) is 20.3. The van der Waals surface area contributed by atoms with Gasteiger partial charge in [0.15, 0.2) is 8.32 Å². The summed E-state index contributed by atoms with van der Waals surface area (Å²) in [6.07, 6.45) is 13.0. The quantitative estimate of drug-likeness (QED) is 0.304. The molecule has 2 aromatic rings. The van der Waals surface area contributed by atoms with Gasteiger partial charge in [0.2, 0.25) is 0 Å². The highest BCUT2D eigenvalue weighted by atomic mass is 28.4. The molecule has 0 saturated carbocycles. The Hall–Kier alpha value is -2.26. The average molecular weight is 417 g/mol. The third-order valence-corrected chi connectivity index (χ3v) is 11.4. The molecule has 0 radical (unpaired) electrons. The molecular formula is C28H36OSi. The molecule has 0 fully saturated rings. The maximum Gasteiger partial charge on any atom is 0.192 e. The van der Waals surface area contributed by atoms with Crippen LogP contribution in [0.4, 0.5) is 0 Å². The maximum absolute atomic E-state index is 7.04. The molecular weight excluding hydrogens is 380 g/mol. The minimum absolute atomic E-state index is 0.218. The highest BCUT2D eigenvalue weighted by molar-refractivity contribution is 6.73. The third kappa shape index (κ3) is 6.12. The van der Waals surface area contributed by atoms with Crippen LogP contribution in [0.25, 0.3) is 0 Å². The van der Waals surface area contributed by atoms with E-state index in [2.05, 4.69) is 70.7 Å². The highest BCUT2D eigenvalue weighted by Crippen LogP contribution is 2.35. The molecule has 0 heterocycles. The number of rotatable bonds is 10. The van der Waals surface area contributed by atoms with Gasteiger partial charge in [0.25, 0.3) is 0 Å². The Labute approximate surface area is 185 Å². The summed E-state index contributed by atoms with van der Waals surface area (Å²) in [6.45, 7) is 11.4. The first kappa shape index (κ1) is 24.0. The van der Waals surface area contributed by atoms with E-state index in [4.69, 9.17) is 17.3 Å².